The van der Waals surface area contributed by atoms with E-state index in [1.165, 1.54) is 25.8 Å². The maximum absolute atomic E-state index is 13.7. The molecule has 0 unspecified atom stereocenters. The molecular weight excluding hydrogens is 541 g/mol. The summed E-state index contributed by atoms with van der Waals surface area (Å²) in [6.45, 7) is 2.84. The Morgan fingerprint density at radius 3 is 2.00 bits per heavy atom. The van der Waals surface area contributed by atoms with E-state index in [4.69, 9.17) is 11.6 Å². The van der Waals surface area contributed by atoms with Gasteiger partial charge in [-0.15, -0.1) is 0 Å². The van der Waals surface area contributed by atoms with Gasteiger partial charge in [0.25, 0.3) is 5.78 Å². The zero-order valence-electron chi connectivity index (χ0n) is 22.5. The number of ketones is 1. The number of carbonyl (C=O) groups is 3. The summed E-state index contributed by atoms with van der Waals surface area (Å²) in [5.74, 6) is -4.47. The van der Waals surface area contributed by atoms with Gasteiger partial charge in [0, 0.05) is 30.8 Å². The maximum Gasteiger partial charge on any atom is 0.452 e. The second-order valence-electron chi connectivity index (χ2n) is 10.0. The highest BCUT2D eigenvalue weighted by atomic mass is 35.5. The van der Waals surface area contributed by atoms with Crippen LogP contribution in [0.4, 0.5) is 13.2 Å². The van der Waals surface area contributed by atoms with E-state index in [2.05, 4.69) is 5.32 Å². The van der Waals surface area contributed by atoms with E-state index in [0.29, 0.717) is 10.6 Å². The van der Waals surface area contributed by atoms with Gasteiger partial charge in [0.15, 0.2) is 0 Å². The molecule has 9 heteroatoms. The Labute approximate surface area is 237 Å². The molecule has 0 aliphatic carbocycles. The summed E-state index contributed by atoms with van der Waals surface area (Å²) in [5, 5.41) is 2.79. The third-order valence-electron chi connectivity index (χ3n) is 6.79. The van der Waals surface area contributed by atoms with Crippen molar-refractivity contribution >= 4 is 29.2 Å². The molecule has 3 rings (SSSR count). The van der Waals surface area contributed by atoms with Gasteiger partial charge in [-0.3, -0.25) is 14.4 Å². The number of halogens is 4. The number of nitrogens with zero attached hydrogens (tertiary/aromatic N) is 1. The Bertz CT molecular complexity index is 1300. The average Bonchev–Trinajstić information content (AvgIpc) is 2.92. The molecule has 1 N–H and O–H groups in total. The predicted molar refractivity (Wildman–Crippen MR) is 149 cm³/mol. The van der Waals surface area contributed by atoms with Crippen LogP contribution in [-0.2, 0) is 20.8 Å². The van der Waals surface area contributed by atoms with Crippen molar-refractivity contribution in [2.45, 2.75) is 50.9 Å². The predicted octanol–water partition coefficient (Wildman–Crippen LogP) is 6.20. The third kappa shape index (κ3) is 8.18. The van der Waals surface area contributed by atoms with E-state index >= 15 is 0 Å². The van der Waals surface area contributed by atoms with Crippen LogP contribution in [-0.4, -0.2) is 47.8 Å². The highest BCUT2D eigenvalue weighted by Crippen LogP contribution is 2.31. The summed E-state index contributed by atoms with van der Waals surface area (Å²) in [6, 6.07) is 22.4. The van der Waals surface area contributed by atoms with Crippen LogP contribution in [0.25, 0.3) is 0 Å². The van der Waals surface area contributed by atoms with Crippen LogP contribution in [0.1, 0.15) is 42.9 Å². The maximum atomic E-state index is 13.7. The van der Waals surface area contributed by atoms with E-state index in [0.717, 1.165) is 11.1 Å². The van der Waals surface area contributed by atoms with Crippen molar-refractivity contribution in [1.29, 1.82) is 0 Å². The van der Waals surface area contributed by atoms with Crippen LogP contribution < -0.4 is 5.32 Å². The van der Waals surface area contributed by atoms with Crippen molar-refractivity contribution in [1.82, 2.24) is 10.2 Å². The van der Waals surface area contributed by atoms with Crippen LogP contribution in [0.15, 0.2) is 84.9 Å². The zero-order chi connectivity index (χ0) is 29.4. The van der Waals surface area contributed by atoms with Crippen LogP contribution in [0.2, 0.25) is 5.02 Å². The molecule has 0 spiro atoms. The van der Waals surface area contributed by atoms with Crippen molar-refractivity contribution in [2.24, 2.45) is 5.92 Å². The molecule has 0 aromatic heterocycles. The summed E-state index contributed by atoms with van der Waals surface area (Å²) in [5.41, 5.74) is 2.38. The number of benzene rings is 3. The van der Waals surface area contributed by atoms with E-state index < -0.39 is 41.8 Å². The van der Waals surface area contributed by atoms with Crippen LogP contribution >= 0.6 is 11.6 Å². The number of hydrogen-bond acceptors (Lipinski definition) is 3. The molecule has 0 saturated heterocycles. The molecular formula is C31H32ClF3N2O3. The fourth-order valence-electron chi connectivity index (χ4n) is 4.53. The van der Waals surface area contributed by atoms with Gasteiger partial charge in [-0.25, -0.2) is 0 Å². The third-order valence-corrected chi connectivity index (χ3v) is 7.03. The Balaban J connectivity index is 1.92. The quantitative estimate of drug-likeness (QED) is 0.297. The fourth-order valence-corrected chi connectivity index (χ4v) is 4.73. The Hall–Kier alpha value is -3.65. The number of rotatable bonds is 11. The lowest BCUT2D eigenvalue weighted by Crippen LogP contribution is -2.56. The number of likely N-dealkylation sites (N-methyl/N-ethyl adjacent to an activating group) is 1. The molecule has 0 bridgehead atoms. The first kappa shape index (κ1) is 30.9. The van der Waals surface area contributed by atoms with E-state index in [1.807, 2.05) is 36.4 Å². The monoisotopic (exact) mass is 572 g/mol. The minimum Gasteiger partial charge on any atom is -0.344 e. The summed E-state index contributed by atoms with van der Waals surface area (Å²) in [4.78, 5) is 40.5. The van der Waals surface area contributed by atoms with Gasteiger partial charge in [0.2, 0.25) is 11.8 Å². The second-order valence-corrected chi connectivity index (χ2v) is 10.5. The first-order chi connectivity index (χ1) is 18.9. The molecule has 3 atom stereocenters. The number of amides is 2. The second kappa shape index (κ2) is 13.6. The molecule has 3 aromatic rings. The molecule has 40 heavy (non-hydrogen) atoms. The van der Waals surface area contributed by atoms with E-state index in [9.17, 15) is 27.6 Å². The van der Waals surface area contributed by atoms with Crippen LogP contribution in [0.5, 0.6) is 0 Å². The molecule has 0 radical (unpaired) electrons. The summed E-state index contributed by atoms with van der Waals surface area (Å²) in [7, 11) is 1.45. The Morgan fingerprint density at radius 1 is 0.875 bits per heavy atom. The minimum atomic E-state index is -5.11. The number of carbonyl (C=O) groups excluding carboxylic acids is 3. The standard InChI is InChI=1S/C31H32ClF3N2O3/c1-20(2)28(29(39)31(33,34)35)36-30(40)26(17-21-11-6-4-7-12-21)37(3)27(38)19-25(22-13-8-5-9-14-22)23-15-10-16-24(32)18-23/h4-16,18,20,25-26,28H,17,19H2,1-3H3,(H,36,40)/t25-,26-,28-/m0/s1. The van der Waals surface area contributed by atoms with Gasteiger partial charge >= 0.3 is 6.18 Å². The molecule has 3 aromatic carbocycles. The highest BCUT2D eigenvalue weighted by molar-refractivity contribution is 6.30. The largest absolute Gasteiger partial charge is 0.452 e. The van der Waals surface area contributed by atoms with Crippen LogP contribution in [0, 0.1) is 5.92 Å². The molecule has 0 fully saturated rings. The summed E-state index contributed by atoms with van der Waals surface area (Å²) >= 11 is 6.23. The molecule has 0 heterocycles. The van der Waals surface area contributed by atoms with E-state index in [1.54, 1.807) is 48.5 Å². The highest BCUT2D eigenvalue weighted by Gasteiger charge is 2.45. The molecule has 2 amide bonds. The Morgan fingerprint density at radius 2 is 1.45 bits per heavy atom. The van der Waals surface area contributed by atoms with Crippen molar-refractivity contribution in [3.63, 3.8) is 0 Å². The van der Waals surface area contributed by atoms with Crippen molar-refractivity contribution < 1.29 is 27.6 Å². The normalized spacial score (nSPS) is 13.8. The van der Waals surface area contributed by atoms with Crippen molar-refractivity contribution in [3.8, 4) is 0 Å². The van der Waals surface area contributed by atoms with Crippen molar-refractivity contribution in [2.75, 3.05) is 7.05 Å². The molecule has 0 aliphatic rings. The molecule has 5 nitrogen and oxygen atoms in total. The molecule has 0 aliphatic heterocycles. The van der Waals surface area contributed by atoms with E-state index in [-0.39, 0.29) is 18.8 Å². The lowest BCUT2D eigenvalue weighted by atomic mass is 9.88. The average molecular weight is 573 g/mol. The van der Waals surface area contributed by atoms with Gasteiger partial charge in [0.1, 0.15) is 6.04 Å². The molecule has 212 valence electrons. The van der Waals surface area contributed by atoms with Gasteiger partial charge in [-0.1, -0.05) is 98.2 Å². The lowest BCUT2D eigenvalue weighted by molar-refractivity contribution is -0.175. The number of nitrogens with one attached hydrogen (secondary N) is 1. The first-order valence-corrected chi connectivity index (χ1v) is 13.3. The SMILES string of the molecule is CC(C)[C@H](NC(=O)[C@H](Cc1ccccc1)N(C)C(=O)C[C@@H](c1ccccc1)c1cccc(Cl)c1)C(=O)C(F)(F)F. The van der Waals surface area contributed by atoms with Crippen molar-refractivity contribution in [3.05, 3.63) is 107 Å². The number of hydrogen-bond donors (Lipinski definition) is 1. The topological polar surface area (TPSA) is 66.5 Å². The first-order valence-electron chi connectivity index (χ1n) is 12.9. The molecule has 0 saturated carbocycles. The number of Topliss-reactive ketones (excluding diaryl/α,β-unsaturated/α-hetero) is 1. The van der Waals surface area contributed by atoms with Gasteiger partial charge in [-0.05, 0) is 34.7 Å². The van der Waals surface area contributed by atoms with Gasteiger partial charge in [-0.2, -0.15) is 13.2 Å². The summed E-state index contributed by atoms with van der Waals surface area (Å²) < 4.78 is 39.8. The number of alkyl halides is 3. The Kier molecular flexibility index (Phi) is 10.5. The van der Waals surface area contributed by atoms with Crippen LogP contribution in [0.3, 0.4) is 0 Å². The van der Waals surface area contributed by atoms with Gasteiger partial charge in [0.05, 0.1) is 6.04 Å². The smallest absolute Gasteiger partial charge is 0.344 e. The minimum absolute atomic E-state index is 0.0193. The lowest BCUT2D eigenvalue weighted by Gasteiger charge is -2.31. The fraction of sp³-hybridized carbons (Fsp3) is 0.323. The zero-order valence-corrected chi connectivity index (χ0v) is 23.2. The van der Waals surface area contributed by atoms with Gasteiger partial charge < -0.3 is 10.2 Å². The summed E-state index contributed by atoms with van der Waals surface area (Å²) in [6.07, 6.45) is -5.08.